The van der Waals surface area contributed by atoms with E-state index in [0.29, 0.717) is 17.2 Å². The summed E-state index contributed by atoms with van der Waals surface area (Å²) in [6, 6.07) is 13.7. The van der Waals surface area contributed by atoms with Crippen molar-refractivity contribution < 1.29 is 9.53 Å². The van der Waals surface area contributed by atoms with Gasteiger partial charge in [-0.1, -0.05) is 12.1 Å². The first-order valence-corrected chi connectivity index (χ1v) is 9.92. The molecule has 2 aromatic heterocycles. The Hall–Kier alpha value is -3.12. The van der Waals surface area contributed by atoms with Crippen LogP contribution in [-0.2, 0) is 0 Å². The van der Waals surface area contributed by atoms with Crippen LogP contribution >= 0.6 is 11.3 Å². The number of nitrogens with zero attached hydrogens (tertiary/aromatic N) is 1. The van der Waals surface area contributed by atoms with E-state index in [0.717, 1.165) is 43.7 Å². The Morgan fingerprint density at radius 3 is 2.79 bits per heavy atom. The molecule has 142 valence electrons. The molecule has 0 atom stereocenters. The molecule has 1 amide bonds. The number of carbonyl (C=O) groups excluding carboxylic acids is 1. The molecular formula is C22H21N3O2S. The van der Waals surface area contributed by atoms with Crippen LogP contribution in [-0.4, -0.2) is 17.5 Å². The molecule has 6 heteroatoms. The fraction of sp³-hybridized carbons (Fsp3) is 0.182. The maximum Gasteiger partial charge on any atom is 0.267 e. The van der Waals surface area contributed by atoms with Gasteiger partial charge in [0.05, 0.1) is 17.8 Å². The number of nitrogens with two attached hydrogens (primary N) is 1. The van der Waals surface area contributed by atoms with E-state index < -0.39 is 0 Å². The lowest BCUT2D eigenvalue weighted by Gasteiger charge is -2.08. The van der Waals surface area contributed by atoms with Gasteiger partial charge in [0.25, 0.3) is 5.91 Å². The van der Waals surface area contributed by atoms with Gasteiger partial charge < -0.3 is 15.8 Å². The molecule has 0 unspecified atom stereocenters. The van der Waals surface area contributed by atoms with Gasteiger partial charge >= 0.3 is 0 Å². The summed E-state index contributed by atoms with van der Waals surface area (Å²) in [5.74, 6) is 0.563. The van der Waals surface area contributed by atoms with E-state index in [1.54, 1.807) is 0 Å². The quantitative estimate of drug-likeness (QED) is 0.495. The van der Waals surface area contributed by atoms with Crippen molar-refractivity contribution in [1.82, 2.24) is 4.98 Å². The van der Waals surface area contributed by atoms with Gasteiger partial charge in [-0.25, -0.2) is 4.98 Å². The van der Waals surface area contributed by atoms with Crippen molar-refractivity contribution >= 4 is 49.7 Å². The third kappa shape index (κ3) is 3.27. The van der Waals surface area contributed by atoms with Crippen LogP contribution in [0.5, 0.6) is 5.75 Å². The molecule has 3 N–H and O–H groups in total. The van der Waals surface area contributed by atoms with Crippen molar-refractivity contribution in [2.24, 2.45) is 0 Å². The van der Waals surface area contributed by atoms with Gasteiger partial charge in [0, 0.05) is 22.5 Å². The summed E-state index contributed by atoms with van der Waals surface area (Å²) in [6.45, 7) is 6.51. The van der Waals surface area contributed by atoms with Crippen LogP contribution in [0.25, 0.3) is 21.1 Å². The second-order valence-electron chi connectivity index (χ2n) is 6.75. The van der Waals surface area contributed by atoms with Crippen LogP contribution < -0.4 is 15.8 Å². The Labute approximate surface area is 167 Å². The molecule has 5 nitrogen and oxygen atoms in total. The van der Waals surface area contributed by atoms with E-state index in [1.165, 1.54) is 11.3 Å². The Morgan fingerprint density at radius 1 is 1.18 bits per heavy atom. The number of hydrogen-bond acceptors (Lipinski definition) is 5. The number of nitrogens with one attached hydrogen (secondary N) is 1. The molecule has 0 bridgehead atoms. The lowest BCUT2D eigenvalue weighted by atomic mass is 10.1. The van der Waals surface area contributed by atoms with Gasteiger partial charge in [-0.05, 0) is 56.2 Å². The molecule has 0 aliphatic heterocycles. The number of fused-ring (bicyclic) bond motifs is 2. The molecule has 2 aromatic carbocycles. The number of anilines is 2. The predicted molar refractivity (Wildman–Crippen MR) is 117 cm³/mol. The summed E-state index contributed by atoms with van der Waals surface area (Å²) >= 11 is 1.31. The summed E-state index contributed by atoms with van der Waals surface area (Å²) in [7, 11) is 0. The summed E-state index contributed by atoms with van der Waals surface area (Å²) in [5.41, 5.74) is 10.5. The molecule has 4 rings (SSSR count). The average molecular weight is 391 g/mol. The average Bonchev–Trinajstić information content (AvgIpc) is 2.99. The molecular weight excluding hydrogens is 370 g/mol. The normalized spacial score (nSPS) is 11.1. The van der Waals surface area contributed by atoms with Gasteiger partial charge in [0.1, 0.15) is 15.5 Å². The van der Waals surface area contributed by atoms with Crippen LogP contribution in [0.15, 0.2) is 42.5 Å². The minimum atomic E-state index is -0.215. The summed E-state index contributed by atoms with van der Waals surface area (Å²) < 4.78 is 5.55. The second kappa shape index (κ2) is 7.13. The van der Waals surface area contributed by atoms with E-state index in [1.807, 2.05) is 63.2 Å². The molecule has 0 spiro atoms. The van der Waals surface area contributed by atoms with E-state index in [2.05, 4.69) is 5.32 Å². The van der Waals surface area contributed by atoms with Crippen LogP contribution in [0.3, 0.4) is 0 Å². The van der Waals surface area contributed by atoms with Gasteiger partial charge in [0.2, 0.25) is 0 Å². The second-order valence-corrected chi connectivity index (χ2v) is 7.75. The van der Waals surface area contributed by atoms with Gasteiger partial charge in [-0.2, -0.15) is 0 Å². The number of pyridine rings is 1. The summed E-state index contributed by atoms with van der Waals surface area (Å²) in [4.78, 5) is 18.8. The zero-order chi connectivity index (χ0) is 19.8. The lowest BCUT2D eigenvalue weighted by molar-refractivity contribution is 0.103. The van der Waals surface area contributed by atoms with E-state index in [4.69, 9.17) is 15.5 Å². The number of benzene rings is 2. The molecule has 0 saturated heterocycles. The SMILES string of the molecule is CCOc1ccc2cc3c(N)c(C(=O)Nc4cc(C)ccc4C)sc3nc2c1. The first-order valence-electron chi connectivity index (χ1n) is 9.10. The Balaban J connectivity index is 1.74. The fourth-order valence-corrected chi connectivity index (χ4v) is 4.13. The highest BCUT2D eigenvalue weighted by Crippen LogP contribution is 2.35. The smallest absolute Gasteiger partial charge is 0.267 e. The van der Waals surface area contributed by atoms with Crippen molar-refractivity contribution in [3.63, 3.8) is 0 Å². The van der Waals surface area contributed by atoms with Crippen molar-refractivity contribution in [1.29, 1.82) is 0 Å². The highest BCUT2D eigenvalue weighted by molar-refractivity contribution is 7.21. The maximum atomic E-state index is 12.9. The van der Waals surface area contributed by atoms with Crippen LogP contribution in [0.2, 0.25) is 0 Å². The number of rotatable bonds is 4. The summed E-state index contributed by atoms with van der Waals surface area (Å²) in [6.07, 6.45) is 0. The topological polar surface area (TPSA) is 77.2 Å². The zero-order valence-electron chi connectivity index (χ0n) is 16.0. The standard InChI is InChI=1S/C22H21N3O2S/c1-4-27-15-8-7-14-10-16-19(23)20(28-22(16)25-18(14)11-15)21(26)24-17-9-12(2)5-6-13(17)3/h5-11H,4,23H2,1-3H3,(H,24,26). The Morgan fingerprint density at radius 2 is 2.00 bits per heavy atom. The monoisotopic (exact) mass is 391 g/mol. The predicted octanol–water partition coefficient (Wildman–Crippen LogP) is 5.30. The highest BCUT2D eigenvalue weighted by Gasteiger charge is 2.19. The number of nitrogen functional groups attached to an aromatic ring is 1. The van der Waals surface area contributed by atoms with Gasteiger partial charge in [0.15, 0.2) is 0 Å². The molecule has 0 fully saturated rings. The van der Waals surface area contributed by atoms with Crippen molar-refractivity contribution in [3.05, 3.63) is 58.5 Å². The number of ether oxygens (including phenoxy) is 1. The molecule has 0 radical (unpaired) electrons. The molecule has 0 aliphatic rings. The number of thiophene rings is 1. The number of carbonyl (C=O) groups is 1. The van der Waals surface area contributed by atoms with Crippen LogP contribution in [0.1, 0.15) is 27.7 Å². The molecule has 0 saturated carbocycles. The first kappa shape index (κ1) is 18.3. The largest absolute Gasteiger partial charge is 0.494 e. The number of amides is 1. The van der Waals surface area contributed by atoms with E-state index in [-0.39, 0.29) is 5.91 Å². The maximum absolute atomic E-state index is 12.9. The van der Waals surface area contributed by atoms with Crippen LogP contribution in [0.4, 0.5) is 11.4 Å². The Bertz CT molecular complexity index is 1210. The fourth-order valence-electron chi connectivity index (χ4n) is 3.15. The van der Waals surface area contributed by atoms with Gasteiger partial charge in [-0.15, -0.1) is 11.3 Å². The van der Waals surface area contributed by atoms with Crippen molar-refractivity contribution in [2.75, 3.05) is 17.7 Å². The lowest BCUT2D eigenvalue weighted by Crippen LogP contribution is -2.13. The minimum absolute atomic E-state index is 0.215. The number of hydrogen-bond donors (Lipinski definition) is 2. The molecule has 0 aliphatic carbocycles. The third-order valence-corrected chi connectivity index (χ3v) is 5.76. The van der Waals surface area contributed by atoms with Crippen molar-refractivity contribution in [3.8, 4) is 5.75 Å². The van der Waals surface area contributed by atoms with Crippen LogP contribution in [0, 0.1) is 13.8 Å². The number of aryl methyl sites for hydroxylation is 2. The van der Waals surface area contributed by atoms with E-state index >= 15 is 0 Å². The minimum Gasteiger partial charge on any atom is -0.494 e. The molecule has 28 heavy (non-hydrogen) atoms. The zero-order valence-corrected chi connectivity index (χ0v) is 16.8. The van der Waals surface area contributed by atoms with Gasteiger partial charge in [-0.3, -0.25) is 4.79 Å². The summed E-state index contributed by atoms with van der Waals surface area (Å²) in [5, 5.41) is 4.74. The third-order valence-electron chi connectivity index (χ3n) is 4.65. The first-order chi connectivity index (χ1) is 13.5. The van der Waals surface area contributed by atoms with Crippen molar-refractivity contribution in [2.45, 2.75) is 20.8 Å². The molecule has 4 aromatic rings. The highest BCUT2D eigenvalue weighted by atomic mass is 32.1. The molecule has 2 heterocycles. The number of aromatic nitrogens is 1. The Kier molecular flexibility index (Phi) is 4.65. The van der Waals surface area contributed by atoms with E-state index in [9.17, 15) is 4.79 Å².